The Kier molecular flexibility index (Phi) is 3.36. The number of carbonyl (C=O) groups excluding carboxylic acids is 1. The molecule has 1 heterocycles. The summed E-state index contributed by atoms with van der Waals surface area (Å²) in [5, 5.41) is 0. The van der Waals surface area contributed by atoms with Crippen LogP contribution < -0.4 is 5.73 Å². The molecule has 0 aromatic carbocycles. The summed E-state index contributed by atoms with van der Waals surface area (Å²) in [4.78, 5) is 12.0. The fourth-order valence-electron chi connectivity index (χ4n) is 1.73. The maximum atomic E-state index is 12.1. The van der Waals surface area contributed by atoms with Gasteiger partial charge in [0.15, 0.2) is 0 Å². The topological polar surface area (TPSA) is 46.3 Å². The Morgan fingerprint density at radius 3 is 2.57 bits per heavy atom. The number of hydrogen-bond acceptors (Lipinski definition) is 2. The average molecular weight is 210 g/mol. The molecule has 82 valence electrons. The number of amides is 1. The van der Waals surface area contributed by atoms with Crippen molar-refractivity contribution in [1.29, 1.82) is 0 Å². The van der Waals surface area contributed by atoms with Gasteiger partial charge in [-0.15, -0.1) is 0 Å². The fraction of sp³-hybridized carbons (Fsp3) is 0.875. The minimum Gasteiger partial charge on any atom is -0.368 e. The van der Waals surface area contributed by atoms with E-state index in [1.807, 2.05) is 0 Å². The monoisotopic (exact) mass is 210 g/mol. The second-order valence-corrected chi connectivity index (χ2v) is 3.50. The molecule has 0 aliphatic carbocycles. The van der Waals surface area contributed by atoms with Gasteiger partial charge in [-0.25, -0.2) is 0 Å². The molecule has 1 saturated heterocycles. The van der Waals surface area contributed by atoms with E-state index in [0.717, 1.165) is 11.3 Å². The molecular formula is C8H13F3N2O. The summed E-state index contributed by atoms with van der Waals surface area (Å²) in [5.41, 5.74) is 5.03. The van der Waals surface area contributed by atoms with Crippen molar-refractivity contribution < 1.29 is 18.0 Å². The Morgan fingerprint density at radius 2 is 2.07 bits per heavy atom. The highest BCUT2D eigenvalue weighted by Gasteiger charge is 2.36. The first-order valence-electron chi connectivity index (χ1n) is 4.50. The van der Waals surface area contributed by atoms with E-state index >= 15 is 0 Å². The molecule has 2 N–H and O–H groups in total. The minimum absolute atomic E-state index is 0.299. The van der Waals surface area contributed by atoms with Crippen molar-refractivity contribution in [3.63, 3.8) is 0 Å². The SMILES string of the molecule is NC(=O)C1CCCCN1CC(F)(F)F. The standard InChI is InChI=1S/C8H13F3N2O/c9-8(10,11)5-13-4-2-1-3-6(13)7(12)14/h6H,1-5H2,(H2,12,14). The Morgan fingerprint density at radius 1 is 1.43 bits per heavy atom. The van der Waals surface area contributed by atoms with Crippen LogP contribution in [0.2, 0.25) is 0 Å². The van der Waals surface area contributed by atoms with Crippen LogP contribution in [0, 0.1) is 0 Å². The summed E-state index contributed by atoms with van der Waals surface area (Å²) in [6.07, 6.45) is -2.36. The predicted molar refractivity (Wildman–Crippen MR) is 44.5 cm³/mol. The van der Waals surface area contributed by atoms with Crippen LogP contribution >= 0.6 is 0 Å². The van der Waals surface area contributed by atoms with Gasteiger partial charge in [0.1, 0.15) is 0 Å². The molecule has 1 unspecified atom stereocenters. The summed E-state index contributed by atoms with van der Waals surface area (Å²) in [5.74, 6) is -0.658. The number of piperidine rings is 1. The van der Waals surface area contributed by atoms with E-state index in [2.05, 4.69) is 0 Å². The molecule has 1 atom stereocenters. The number of hydrogen-bond donors (Lipinski definition) is 1. The zero-order valence-corrected chi connectivity index (χ0v) is 7.68. The van der Waals surface area contributed by atoms with Crippen molar-refractivity contribution in [2.45, 2.75) is 31.5 Å². The molecule has 1 fully saturated rings. The van der Waals surface area contributed by atoms with E-state index in [1.54, 1.807) is 0 Å². The lowest BCUT2D eigenvalue weighted by molar-refractivity contribution is -0.157. The zero-order chi connectivity index (χ0) is 10.8. The lowest BCUT2D eigenvalue weighted by atomic mass is 10.0. The van der Waals surface area contributed by atoms with Gasteiger partial charge >= 0.3 is 6.18 Å². The highest BCUT2D eigenvalue weighted by Crippen LogP contribution is 2.23. The van der Waals surface area contributed by atoms with Crippen molar-refractivity contribution >= 4 is 5.91 Å². The van der Waals surface area contributed by atoms with Gasteiger partial charge in [0.25, 0.3) is 0 Å². The third kappa shape index (κ3) is 3.17. The van der Waals surface area contributed by atoms with Crippen molar-refractivity contribution in [3.05, 3.63) is 0 Å². The molecule has 3 nitrogen and oxygen atoms in total. The second kappa shape index (κ2) is 4.16. The van der Waals surface area contributed by atoms with Crippen LogP contribution in [0.25, 0.3) is 0 Å². The minimum atomic E-state index is -4.26. The fourth-order valence-corrected chi connectivity index (χ4v) is 1.73. The van der Waals surface area contributed by atoms with Gasteiger partial charge in [0.2, 0.25) is 5.91 Å². The number of rotatable bonds is 2. The largest absolute Gasteiger partial charge is 0.401 e. The molecule has 1 aliphatic rings. The third-order valence-corrected chi connectivity index (χ3v) is 2.32. The molecule has 1 amide bonds. The van der Waals surface area contributed by atoms with Gasteiger partial charge < -0.3 is 5.73 Å². The van der Waals surface area contributed by atoms with Crippen LogP contribution in [0.5, 0.6) is 0 Å². The molecule has 6 heteroatoms. The highest BCUT2D eigenvalue weighted by atomic mass is 19.4. The zero-order valence-electron chi connectivity index (χ0n) is 7.68. The van der Waals surface area contributed by atoms with Crippen LogP contribution in [-0.4, -0.2) is 36.1 Å². The number of alkyl halides is 3. The number of primary amides is 1. The van der Waals surface area contributed by atoms with E-state index in [4.69, 9.17) is 5.73 Å². The summed E-state index contributed by atoms with van der Waals surface area (Å²) in [6.45, 7) is -0.742. The average Bonchev–Trinajstić information content (AvgIpc) is 2.01. The van der Waals surface area contributed by atoms with Crippen LogP contribution in [0.3, 0.4) is 0 Å². The lowest BCUT2D eigenvalue weighted by Crippen LogP contribution is -2.50. The third-order valence-electron chi connectivity index (χ3n) is 2.32. The van der Waals surface area contributed by atoms with Crippen molar-refractivity contribution in [2.75, 3.05) is 13.1 Å². The smallest absolute Gasteiger partial charge is 0.368 e. The molecule has 0 radical (unpaired) electrons. The van der Waals surface area contributed by atoms with Gasteiger partial charge in [-0.2, -0.15) is 13.2 Å². The van der Waals surface area contributed by atoms with Crippen LogP contribution in [0.4, 0.5) is 13.2 Å². The van der Waals surface area contributed by atoms with Crippen molar-refractivity contribution in [3.8, 4) is 0 Å². The van der Waals surface area contributed by atoms with Gasteiger partial charge in [-0.3, -0.25) is 9.69 Å². The number of nitrogens with two attached hydrogens (primary N) is 1. The number of likely N-dealkylation sites (tertiary alicyclic amines) is 1. The van der Waals surface area contributed by atoms with Gasteiger partial charge in [0, 0.05) is 0 Å². The Bertz CT molecular complexity index is 217. The highest BCUT2D eigenvalue weighted by molar-refractivity contribution is 5.79. The molecule has 0 saturated carbocycles. The van der Waals surface area contributed by atoms with E-state index in [1.165, 1.54) is 0 Å². The first kappa shape index (κ1) is 11.3. The lowest BCUT2D eigenvalue weighted by Gasteiger charge is -2.33. The summed E-state index contributed by atoms with van der Waals surface area (Å²) in [6, 6.07) is -0.745. The van der Waals surface area contributed by atoms with Crippen molar-refractivity contribution in [1.82, 2.24) is 4.90 Å². The van der Waals surface area contributed by atoms with Crippen LogP contribution in [-0.2, 0) is 4.79 Å². The Labute approximate surface area is 80.0 Å². The number of halogens is 3. The van der Waals surface area contributed by atoms with Crippen LogP contribution in [0.15, 0.2) is 0 Å². The quantitative estimate of drug-likeness (QED) is 0.735. The summed E-state index contributed by atoms with van der Waals surface area (Å²) in [7, 11) is 0. The molecule has 1 aliphatic heterocycles. The molecule has 0 spiro atoms. The molecule has 0 aromatic heterocycles. The van der Waals surface area contributed by atoms with Gasteiger partial charge in [-0.05, 0) is 19.4 Å². The maximum absolute atomic E-state index is 12.1. The van der Waals surface area contributed by atoms with Gasteiger partial charge in [-0.1, -0.05) is 6.42 Å². The number of carbonyl (C=O) groups is 1. The number of nitrogens with zero attached hydrogens (tertiary/aromatic N) is 1. The maximum Gasteiger partial charge on any atom is 0.401 e. The first-order chi connectivity index (χ1) is 6.40. The Balaban J connectivity index is 2.59. The predicted octanol–water partition coefficient (Wildman–Crippen LogP) is 0.888. The Hall–Kier alpha value is -0.780. The molecule has 0 bridgehead atoms. The van der Waals surface area contributed by atoms with Crippen molar-refractivity contribution in [2.24, 2.45) is 5.73 Å². The molecular weight excluding hydrogens is 197 g/mol. The molecule has 1 rings (SSSR count). The normalized spacial score (nSPS) is 24.9. The van der Waals surface area contributed by atoms with E-state index in [-0.39, 0.29) is 0 Å². The summed E-state index contributed by atoms with van der Waals surface area (Å²) < 4.78 is 36.2. The van der Waals surface area contributed by atoms with Crippen LogP contribution in [0.1, 0.15) is 19.3 Å². The van der Waals surface area contributed by atoms with E-state index < -0.39 is 24.7 Å². The first-order valence-corrected chi connectivity index (χ1v) is 4.50. The van der Waals surface area contributed by atoms with E-state index in [0.29, 0.717) is 19.4 Å². The van der Waals surface area contributed by atoms with Gasteiger partial charge in [0.05, 0.1) is 12.6 Å². The molecule has 14 heavy (non-hydrogen) atoms. The van der Waals surface area contributed by atoms with E-state index in [9.17, 15) is 18.0 Å². The second-order valence-electron chi connectivity index (χ2n) is 3.50. The summed E-state index contributed by atoms with van der Waals surface area (Å²) >= 11 is 0. The molecule has 0 aromatic rings.